The van der Waals surface area contributed by atoms with E-state index in [2.05, 4.69) is 10.3 Å². The van der Waals surface area contributed by atoms with E-state index in [0.717, 1.165) is 27.3 Å². The summed E-state index contributed by atoms with van der Waals surface area (Å²) in [5, 5.41) is 8.14. The number of rotatable bonds is 5. The number of thiophene rings is 1. The molecule has 0 atom stereocenters. The van der Waals surface area contributed by atoms with Gasteiger partial charge in [0.1, 0.15) is 0 Å². The van der Waals surface area contributed by atoms with Gasteiger partial charge in [-0.15, -0.1) is 22.7 Å². The summed E-state index contributed by atoms with van der Waals surface area (Å²) < 4.78 is 5.75. The fourth-order valence-electron chi connectivity index (χ4n) is 1.19. The van der Waals surface area contributed by atoms with Crippen LogP contribution in [0.1, 0.15) is 0 Å². The molecule has 3 nitrogen and oxygen atoms in total. The second-order valence-electron chi connectivity index (χ2n) is 3.10. The van der Waals surface area contributed by atoms with Crippen LogP contribution in [0.15, 0.2) is 16.8 Å². The third-order valence-electron chi connectivity index (χ3n) is 1.95. The van der Waals surface area contributed by atoms with Gasteiger partial charge in [-0.2, -0.15) is 0 Å². The monoisotopic (exact) mass is 274 g/mol. The second kappa shape index (κ2) is 5.63. The maximum Gasteiger partial charge on any atom is 0.183 e. The highest BCUT2D eigenvalue weighted by Crippen LogP contribution is 2.30. The van der Waals surface area contributed by atoms with Crippen molar-refractivity contribution in [1.29, 1.82) is 0 Å². The molecule has 0 radical (unpaired) electrons. The molecule has 0 bridgehead atoms. The second-order valence-corrected chi connectivity index (χ2v) is 5.50. The molecule has 0 aliphatic rings. The number of methoxy groups -OCH3 is 1. The van der Waals surface area contributed by atoms with Crippen molar-refractivity contribution in [2.75, 3.05) is 25.6 Å². The molecule has 0 saturated carbocycles. The predicted octanol–water partition coefficient (Wildman–Crippen LogP) is 3.58. The quantitative estimate of drug-likeness (QED) is 0.846. The lowest BCUT2D eigenvalue weighted by Gasteiger charge is -1.99. The molecule has 86 valence electrons. The van der Waals surface area contributed by atoms with Crippen molar-refractivity contribution in [3.8, 4) is 11.3 Å². The van der Waals surface area contributed by atoms with Crippen molar-refractivity contribution in [1.82, 2.24) is 4.98 Å². The van der Waals surface area contributed by atoms with E-state index in [1.165, 1.54) is 11.3 Å². The molecular weight excluding hydrogens is 264 g/mol. The van der Waals surface area contributed by atoms with Gasteiger partial charge in [-0.25, -0.2) is 4.98 Å². The molecule has 0 saturated heterocycles. The van der Waals surface area contributed by atoms with E-state index < -0.39 is 0 Å². The summed E-state index contributed by atoms with van der Waals surface area (Å²) >= 11 is 8.99. The van der Waals surface area contributed by atoms with Crippen molar-refractivity contribution in [2.45, 2.75) is 0 Å². The highest BCUT2D eigenvalue weighted by atomic mass is 35.5. The number of nitrogens with one attached hydrogen (secondary N) is 1. The SMILES string of the molecule is COCCNc1nc(-c2csc(Cl)c2)cs1. The molecule has 6 heteroatoms. The van der Waals surface area contributed by atoms with E-state index in [1.807, 2.05) is 16.8 Å². The maximum atomic E-state index is 5.88. The van der Waals surface area contributed by atoms with Gasteiger partial charge in [0.25, 0.3) is 0 Å². The molecule has 0 aliphatic carbocycles. The highest BCUT2D eigenvalue weighted by Gasteiger charge is 2.05. The molecule has 0 unspecified atom stereocenters. The molecule has 0 aromatic carbocycles. The van der Waals surface area contributed by atoms with E-state index in [0.29, 0.717) is 6.61 Å². The summed E-state index contributed by atoms with van der Waals surface area (Å²) in [6.45, 7) is 1.45. The lowest BCUT2D eigenvalue weighted by molar-refractivity contribution is 0.211. The Labute approximate surface area is 107 Å². The third-order valence-corrected chi connectivity index (χ3v) is 3.84. The summed E-state index contributed by atoms with van der Waals surface area (Å²) in [7, 11) is 1.68. The van der Waals surface area contributed by atoms with Gasteiger partial charge in [0.05, 0.1) is 16.6 Å². The fourth-order valence-corrected chi connectivity index (χ4v) is 2.81. The van der Waals surface area contributed by atoms with E-state index in [4.69, 9.17) is 16.3 Å². The Morgan fingerprint density at radius 2 is 2.31 bits per heavy atom. The lowest BCUT2D eigenvalue weighted by Crippen LogP contribution is -2.06. The number of halogens is 1. The summed E-state index contributed by atoms with van der Waals surface area (Å²) in [6.07, 6.45) is 0. The molecule has 16 heavy (non-hydrogen) atoms. The molecule has 2 aromatic heterocycles. The van der Waals surface area contributed by atoms with E-state index in [1.54, 1.807) is 18.4 Å². The summed E-state index contributed by atoms with van der Waals surface area (Å²) in [5.41, 5.74) is 2.04. The van der Waals surface area contributed by atoms with Crippen LogP contribution in [0.2, 0.25) is 4.34 Å². The molecule has 2 rings (SSSR count). The van der Waals surface area contributed by atoms with Crippen LogP contribution in [0.3, 0.4) is 0 Å². The molecular formula is C10H11ClN2OS2. The lowest BCUT2D eigenvalue weighted by atomic mass is 10.3. The van der Waals surface area contributed by atoms with Crippen LogP contribution in [0.4, 0.5) is 5.13 Å². The number of hydrogen-bond donors (Lipinski definition) is 1. The number of nitrogens with zero attached hydrogens (tertiary/aromatic N) is 1. The largest absolute Gasteiger partial charge is 0.383 e. The van der Waals surface area contributed by atoms with Crippen molar-refractivity contribution < 1.29 is 4.74 Å². The minimum Gasteiger partial charge on any atom is -0.383 e. The zero-order valence-corrected chi connectivity index (χ0v) is 11.1. The topological polar surface area (TPSA) is 34.1 Å². The summed E-state index contributed by atoms with van der Waals surface area (Å²) in [6, 6.07) is 1.93. The molecule has 0 fully saturated rings. The van der Waals surface area contributed by atoms with Crippen LogP contribution in [0.5, 0.6) is 0 Å². The van der Waals surface area contributed by atoms with Crippen LogP contribution in [-0.2, 0) is 4.74 Å². The first kappa shape index (κ1) is 11.9. The minimum atomic E-state index is 0.680. The Morgan fingerprint density at radius 1 is 1.44 bits per heavy atom. The van der Waals surface area contributed by atoms with Gasteiger partial charge in [-0.05, 0) is 6.07 Å². The first-order chi connectivity index (χ1) is 7.79. The Hall–Kier alpha value is -0.620. The number of ether oxygens (including phenoxy) is 1. The van der Waals surface area contributed by atoms with Gasteiger partial charge in [-0.1, -0.05) is 11.6 Å². The number of anilines is 1. The van der Waals surface area contributed by atoms with Crippen LogP contribution >= 0.6 is 34.3 Å². The number of thiazole rings is 1. The van der Waals surface area contributed by atoms with Crippen molar-refractivity contribution >= 4 is 39.4 Å². The molecule has 2 aromatic rings. The standard InChI is InChI=1S/C10H11ClN2OS2/c1-14-3-2-12-10-13-8(6-16-10)7-4-9(11)15-5-7/h4-6H,2-3H2,1H3,(H,12,13). The van der Waals surface area contributed by atoms with Gasteiger partial charge in [0.2, 0.25) is 0 Å². The minimum absolute atomic E-state index is 0.680. The van der Waals surface area contributed by atoms with Gasteiger partial charge in [0.15, 0.2) is 5.13 Å². The predicted molar refractivity (Wildman–Crippen MR) is 70.8 cm³/mol. The highest BCUT2D eigenvalue weighted by molar-refractivity contribution is 7.15. The van der Waals surface area contributed by atoms with Gasteiger partial charge in [0, 0.05) is 30.0 Å². The molecule has 2 heterocycles. The van der Waals surface area contributed by atoms with E-state index >= 15 is 0 Å². The number of aromatic nitrogens is 1. The van der Waals surface area contributed by atoms with Gasteiger partial charge >= 0.3 is 0 Å². The van der Waals surface area contributed by atoms with Gasteiger partial charge in [-0.3, -0.25) is 0 Å². The molecule has 1 N–H and O–H groups in total. The zero-order valence-electron chi connectivity index (χ0n) is 8.70. The Balaban J connectivity index is 2.02. The summed E-state index contributed by atoms with van der Waals surface area (Å²) in [4.78, 5) is 4.47. The van der Waals surface area contributed by atoms with Crippen molar-refractivity contribution in [3.05, 3.63) is 21.2 Å². The third kappa shape index (κ3) is 2.95. The number of hydrogen-bond acceptors (Lipinski definition) is 5. The molecule has 0 spiro atoms. The fraction of sp³-hybridized carbons (Fsp3) is 0.300. The van der Waals surface area contributed by atoms with E-state index in [9.17, 15) is 0 Å². The van der Waals surface area contributed by atoms with Crippen LogP contribution in [0.25, 0.3) is 11.3 Å². The Morgan fingerprint density at radius 3 is 3.00 bits per heavy atom. The van der Waals surface area contributed by atoms with E-state index in [-0.39, 0.29) is 0 Å². The summed E-state index contributed by atoms with van der Waals surface area (Å²) in [5.74, 6) is 0. The smallest absolute Gasteiger partial charge is 0.183 e. The Kier molecular flexibility index (Phi) is 4.17. The first-order valence-corrected chi connectivity index (χ1v) is 6.86. The Bertz CT molecular complexity index is 455. The van der Waals surface area contributed by atoms with Crippen LogP contribution in [-0.4, -0.2) is 25.2 Å². The first-order valence-electron chi connectivity index (χ1n) is 4.72. The van der Waals surface area contributed by atoms with Crippen LogP contribution < -0.4 is 5.32 Å². The van der Waals surface area contributed by atoms with Gasteiger partial charge < -0.3 is 10.1 Å². The van der Waals surface area contributed by atoms with Crippen molar-refractivity contribution in [3.63, 3.8) is 0 Å². The molecule has 0 amide bonds. The zero-order chi connectivity index (χ0) is 11.4. The average molecular weight is 275 g/mol. The maximum absolute atomic E-state index is 5.88. The van der Waals surface area contributed by atoms with Crippen LogP contribution in [0, 0.1) is 0 Å². The molecule has 0 aliphatic heterocycles. The van der Waals surface area contributed by atoms with Crippen molar-refractivity contribution in [2.24, 2.45) is 0 Å². The normalized spacial score (nSPS) is 10.6. The average Bonchev–Trinajstić information content (AvgIpc) is 2.87.